The molecule has 0 bridgehead atoms. The van der Waals surface area contributed by atoms with E-state index in [0.29, 0.717) is 6.42 Å². The molecular formula is C17H19BrN2O3S. The van der Waals surface area contributed by atoms with E-state index < -0.39 is 16.1 Å². The predicted molar refractivity (Wildman–Crippen MR) is 97.1 cm³/mol. The molecule has 0 aliphatic heterocycles. The Morgan fingerprint density at radius 2 is 1.71 bits per heavy atom. The van der Waals surface area contributed by atoms with Gasteiger partial charge in [-0.3, -0.25) is 0 Å². The molecule has 24 heavy (non-hydrogen) atoms. The summed E-state index contributed by atoms with van der Waals surface area (Å²) in [6, 6.07) is 14.6. The van der Waals surface area contributed by atoms with Gasteiger partial charge < -0.3 is 4.90 Å². The van der Waals surface area contributed by atoms with Gasteiger partial charge in [0.1, 0.15) is 0 Å². The molecule has 0 aliphatic carbocycles. The summed E-state index contributed by atoms with van der Waals surface area (Å²) in [5, 5.41) is 0. The Hall–Kier alpha value is -1.86. The summed E-state index contributed by atoms with van der Waals surface area (Å²) in [7, 11) is -2.29. The number of halogens is 1. The zero-order chi connectivity index (χ0) is 17.7. The molecule has 2 aromatic carbocycles. The fourth-order valence-corrected chi connectivity index (χ4v) is 3.68. The predicted octanol–water partition coefficient (Wildman–Crippen LogP) is 3.93. The Balaban J connectivity index is 2.17. The molecule has 0 saturated heterocycles. The lowest BCUT2D eigenvalue weighted by Crippen LogP contribution is -2.42. The SMILES string of the molecule is CCC(c1ccc(Br)cc1)N(C)C(=O)NS(=O)(=O)c1ccccc1. The van der Waals surface area contributed by atoms with Crippen molar-refractivity contribution in [2.24, 2.45) is 0 Å². The average molecular weight is 411 g/mol. The van der Waals surface area contributed by atoms with Crippen LogP contribution in [0.15, 0.2) is 64.0 Å². The molecule has 0 fully saturated rings. The Kier molecular flexibility index (Phi) is 6.01. The Bertz CT molecular complexity index is 792. The molecule has 2 amide bonds. The molecule has 7 heteroatoms. The Labute approximate surface area is 150 Å². The number of hydrogen-bond acceptors (Lipinski definition) is 3. The molecular weight excluding hydrogens is 392 g/mol. The van der Waals surface area contributed by atoms with Crippen LogP contribution >= 0.6 is 15.9 Å². The summed E-state index contributed by atoms with van der Waals surface area (Å²) in [5.41, 5.74) is 0.940. The zero-order valence-corrected chi connectivity index (χ0v) is 15.8. The summed E-state index contributed by atoms with van der Waals surface area (Å²) in [6.07, 6.45) is 0.664. The second-order valence-corrected chi connectivity index (χ2v) is 7.91. The molecule has 0 saturated carbocycles. The van der Waals surface area contributed by atoms with Crippen LogP contribution in [0.4, 0.5) is 4.79 Å². The van der Waals surface area contributed by atoms with Gasteiger partial charge >= 0.3 is 6.03 Å². The molecule has 0 aromatic heterocycles. The van der Waals surface area contributed by atoms with E-state index in [2.05, 4.69) is 20.7 Å². The highest BCUT2D eigenvalue weighted by Gasteiger charge is 2.24. The third kappa shape index (κ3) is 4.36. The van der Waals surface area contributed by atoms with Crippen LogP contribution in [0.2, 0.25) is 0 Å². The first-order valence-electron chi connectivity index (χ1n) is 7.45. The molecule has 1 N–H and O–H groups in total. The number of urea groups is 1. The first kappa shape index (κ1) is 18.5. The fourth-order valence-electron chi connectivity index (χ4n) is 2.41. The highest BCUT2D eigenvalue weighted by atomic mass is 79.9. The number of hydrogen-bond donors (Lipinski definition) is 1. The molecule has 2 rings (SSSR count). The molecule has 0 aliphatic rings. The van der Waals surface area contributed by atoms with Crippen molar-refractivity contribution in [3.05, 3.63) is 64.6 Å². The Morgan fingerprint density at radius 3 is 2.25 bits per heavy atom. The number of rotatable bonds is 5. The summed E-state index contributed by atoms with van der Waals surface area (Å²) in [4.78, 5) is 13.9. The quantitative estimate of drug-likeness (QED) is 0.811. The maximum atomic E-state index is 12.4. The van der Waals surface area contributed by atoms with E-state index in [4.69, 9.17) is 0 Å². The van der Waals surface area contributed by atoms with E-state index in [0.717, 1.165) is 10.0 Å². The topological polar surface area (TPSA) is 66.5 Å². The van der Waals surface area contributed by atoms with E-state index in [1.54, 1.807) is 25.2 Å². The van der Waals surface area contributed by atoms with Gasteiger partial charge in [0.05, 0.1) is 10.9 Å². The van der Waals surface area contributed by atoms with E-state index in [1.165, 1.54) is 17.0 Å². The Morgan fingerprint density at radius 1 is 1.12 bits per heavy atom. The lowest BCUT2D eigenvalue weighted by atomic mass is 10.0. The van der Waals surface area contributed by atoms with E-state index >= 15 is 0 Å². The van der Waals surface area contributed by atoms with Crippen LogP contribution in [0, 0.1) is 0 Å². The van der Waals surface area contributed by atoms with Gasteiger partial charge in [-0.25, -0.2) is 17.9 Å². The first-order chi connectivity index (χ1) is 11.3. The van der Waals surface area contributed by atoms with Crippen molar-refractivity contribution in [2.75, 3.05) is 7.05 Å². The van der Waals surface area contributed by atoms with Crippen LogP contribution in [0.25, 0.3) is 0 Å². The largest absolute Gasteiger partial charge is 0.331 e. The minimum atomic E-state index is -3.88. The van der Waals surface area contributed by atoms with Crippen molar-refractivity contribution in [3.8, 4) is 0 Å². The van der Waals surface area contributed by atoms with E-state index in [1.807, 2.05) is 31.2 Å². The number of nitrogens with zero attached hydrogens (tertiary/aromatic N) is 1. The third-order valence-electron chi connectivity index (χ3n) is 3.70. The maximum absolute atomic E-state index is 12.4. The normalized spacial score (nSPS) is 12.5. The van der Waals surface area contributed by atoms with Gasteiger partial charge in [-0.15, -0.1) is 0 Å². The molecule has 0 heterocycles. The summed E-state index contributed by atoms with van der Waals surface area (Å²) >= 11 is 3.38. The lowest BCUT2D eigenvalue weighted by molar-refractivity contribution is 0.194. The molecule has 0 spiro atoms. The van der Waals surface area contributed by atoms with Gasteiger partial charge in [0.2, 0.25) is 0 Å². The summed E-state index contributed by atoms with van der Waals surface area (Å²) < 4.78 is 27.6. The first-order valence-corrected chi connectivity index (χ1v) is 9.73. The number of carbonyl (C=O) groups is 1. The van der Waals surface area contributed by atoms with Gasteiger partial charge in [0, 0.05) is 11.5 Å². The van der Waals surface area contributed by atoms with Crippen molar-refractivity contribution >= 4 is 32.0 Å². The second kappa shape index (κ2) is 7.81. The number of nitrogens with one attached hydrogen (secondary N) is 1. The fraction of sp³-hybridized carbons (Fsp3) is 0.235. The standard InChI is InChI=1S/C17H19BrN2O3S/c1-3-16(13-9-11-14(18)12-10-13)20(2)17(21)19-24(22,23)15-7-5-4-6-8-15/h4-12,16H,3H2,1-2H3,(H,19,21). The van der Waals surface area contributed by atoms with Gasteiger partial charge in [0.15, 0.2) is 0 Å². The third-order valence-corrected chi connectivity index (χ3v) is 5.57. The van der Waals surface area contributed by atoms with Crippen LogP contribution in [0.5, 0.6) is 0 Å². The van der Waals surface area contributed by atoms with Crippen molar-refractivity contribution in [3.63, 3.8) is 0 Å². The van der Waals surface area contributed by atoms with Gasteiger partial charge in [0.25, 0.3) is 10.0 Å². The van der Waals surface area contributed by atoms with Gasteiger partial charge in [-0.1, -0.05) is 53.2 Å². The van der Waals surface area contributed by atoms with Crippen LogP contribution in [-0.2, 0) is 10.0 Å². The monoisotopic (exact) mass is 410 g/mol. The summed E-state index contributed by atoms with van der Waals surface area (Å²) in [6.45, 7) is 1.95. The summed E-state index contributed by atoms with van der Waals surface area (Å²) in [5.74, 6) is 0. The number of sulfonamides is 1. The van der Waals surface area contributed by atoms with Gasteiger partial charge in [-0.2, -0.15) is 0 Å². The van der Waals surface area contributed by atoms with Crippen LogP contribution in [0.3, 0.4) is 0 Å². The second-order valence-electron chi connectivity index (χ2n) is 5.31. The van der Waals surface area contributed by atoms with Crippen LogP contribution in [0.1, 0.15) is 24.9 Å². The van der Waals surface area contributed by atoms with Crippen molar-refractivity contribution in [1.29, 1.82) is 0 Å². The highest BCUT2D eigenvalue weighted by Crippen LogP contribution is 2.24. The van der Waals surface area contributed by atoms with Crippen molar-refractivity contribution in [2.45, 2.75) is 24.3 Å². The average Bonchev–Trinajstić information content (AvgIpc) is 2.57. The zero-order valence-electron chi connectivity index (χ0n) is 13.4. The van der Waals surface area contributed by atoms with E-state index in [-0.39, 0.29) is 10.9 Å². The van der Waals surface area contributed by atoms with E-state index in [9.17, 15) is 13.2 Å². The minimum absolute atomic E-state index is 0.0587. The number of carbonyl (C=O) groups excluding carboxylic acids is 1. The highest BCUT2D eigenvalue weighted by molar-refractivity contribution is 9.10. The molecule has 2 aromatic rings. The van der Waals surface area contributed by atoms with Gasteiger partial charge in [-0.05, 0) is 36.2 Å². The number of amides is 2. The number of benzene rings is 2. The molecule has 1 unspecified atom stereocenters. The van der Waals surface area contributed by atoms with Crippen molar-refractivity contribution in [1.82, 2.24) is 9.62 Å². The minimum Gasteiger partial charge on any atom is -0.320 e. The molecule has 1 atom stereocenters. The lowest BCUT2D eigenvalue weighted by Gasteiger charge is -2.27. The molecule has 5 nitrogen and oxygen atoms in total. The van der Waals surface area contributed by atoms with Crippen LogP contribution in [-0.4, -0.2) is 26.4 Å². The maximum Gasteiger partial charge on any atom is 0.331 e. The molecule has 0 radical (unpaired) electrons. The van der Waals surface area contributed by atoms with Crippen LogP contribution < -0.4 is 4.72 Å². The smallest absolute Gasteiger partial charge is 0.320 e. The molecule has 128 valence electrons. The van der Waals surface area contributed by atoms with Crippen molar-refractivity contribution < 1.29 is 13.2 Å².